The molecule has 0 atom stereocenters. The van der Waals surface area contributed by atoms with E-state index in [1.807, 2.05) is 12.1 Å². The van der Waals surface area contributed by atoms with Crippen LogP contribution < -0.4 is 4.90 Å². The minimum atomic E-state index is -0.419. The monoisotopic (exact) mass is 676 g/mol. The van der Waals surface area contributed by atoms with Crippen LogP contribution >= 0.6 is 0 Å². The van der Waals surface area contributed by atoms with Gasteiger partial charge >= 0.3 is 0 Å². The molecule has 4 heteroatoms. The normalized spacial score (nSPS) is 13.4. The highest BCUT2D eigenvalue weighted by Crippen LogP contribution is 2.63. The van der Waals surface area contributed by atoms with Crippen molar-refractivity contribution in [1.29, 1.82) is 0 Å². The number of fused-ring (bicyclic) bond motifs is 10. The van der Waals surface area contributed by atoms with Crippen LogP contribution in [0.25, 0.3) is 50.7 Å². The highest BCUT2D eigenvalue weighted by Gasteiger charge is 2.51. The Morgan fingerprint density at radius 1 is 0.396 bits per heavy atom. The summed E-state index contributed by atoms with van der Waals surface area (Å²) in [5, 5.41) is 0. The molecule has 0 N–H and O–H groups in total. The fraction of sp³-hybridized carbons (Fsp3) is 0.0204. The van der Waals surface area contributed by atoms with Gasteiger partial charge in [0.1, 0.15) is 0 Å². The molecule has 53 heavy (non-hydrogen) atoms. The van der Waals surface area contributed by atoms with Crippen molar-refractivity contribution in [2.24, 2.45) is 0 Å². The van der Waals surface area contributed by atoms with Gasteiger partial charge in [-0.15, -0.1) is 0 Å². The SMILES string of the molecule is c1ccc(-c2nc3nc(-c4ccc(N5c6ccccc6C6(c7ccccc7-c7ccccc76)c6ccccc65)cc4)ccn3c2-c2ccccc2)cc1. The Kier molecular flexibility index (Phi) is 6.43. The Bertz CT molecular complexity index is 2740. The summed E-state index contributed by atoms with van der Waals surface area (Å²) in [7, 11) is 0. The number of benzene rings is 7. The molecule has 0 amide bonds. The molecule has 1 aliphatic carbocycles. The lowest BCUT2D eigenvalue weighted by molar-refractivity contribution is 0.752. The van der Waals surface area contributed by atoms with E-state index in [0.29, 0.717) is 5.78 Å². The maximum atomic E-state index is 5.12. The molecule has 7 aromatic carbocycles. The van der Waals surface area contributed by atoms with E-state index in [0.717, 1.165) is 39.5 Å². The summed E-state index contributed by atoms with van der Waals surface area (Å²) in [4.78, 5) is 12.6. The lowest BCUT2D eigenvalue weighted by atomic mass is 9.64. The average Bonchev–Trinajstić information content (AvgIpc) is 3.76. The van der Waals surface area contributed by atoms with Gasteiger partial charge in [-0.3, -0.25) is 4.40 Å². The first kappa shape index (κ1) is 29.7. The van der Waals surface area contributed by atoms with Crippen LogP contribution in [0.5, 0.6) is 0 Å². The van der Waals surface area contributed by atoms with Crippen molar-refractivity contribution < 1.29 is 0 Å². The second-order valence-corrected chi connectivity index (χ2v) is 13.8. The molecule has 0 saturated carbocycles. The Morgan fingerprint density at radius 3 is 1.51 bits per heavy atom. The van der Waals surface area contributed by atoms with Crippen LogP contribution in [0.1, 0.15) is 22.3 Å². The van der Waals surface area contributed by atoms with E-state index in [1.54, 1.807) is 0 Å². The molecule has 1 aliphatic heterocycles. The summed E-state index contributed by atoms with van der Waals surface area (Å²) < 4.78 is 2.10. The highest BCUT2D eigenvalue weighted by atomic mass is 15.2. The standard InChI is InChI=1S/C49H32N4/c1-3-15-34(16-4-1)46-47(35-17-5-2-6-18-35)52-32-31-43(50-48(52)51-46)33-27-29-36(30-28-33)53-44-25-13-11-23-41(44)49(42-24-12-14-26-45(42)53)39-21-9-7-19-37(39)38-20-8-10-22-40(38)49/h1-32H. The predicted molar refractivity (Wildman–Crippen MR) is 215 cm³/mol. The van der Waals surface area contributed by atoms with Crippen LogP contribution in [0.15, 0.2) is 194 Å². The summed E-state index contributed by atoms with van der Waals surface area (Å²) in [5.41, 5.74) is 16.9. The first-order chi connectivity index (χ1) is 26.3. The molecule has 0 saturated heterocycles. The summed E-state index contributed by atoms with van der Waals surface area (Å²) >= 11 is 0. The maximum Gasteiger partial charge on any atom is 0.235 e. The van der Waals surface area contributed by atoms with Crippen molar-refractivity contribution in [2.75, 3.05) is 4.90 Å². The zero-order valence-corrected chi connectivity index (χ0v) is 28.8. The van der Waals surface area contributed by atoms with Gasteiger partial charge in [0.25, 0.3) is 0 Å². The van der Waals surface area contributed by atoms with Gasteiger partial charge in [-0.2, -0.15) is 0 Å². The van der Waals surface area contributed by atoms with Crippen molar-refractivity contribution in [1.82, 2.24) is 14.4 Å². The average molecular weight is 677 g/mol. The number of aromatic nitrogens is 3. The molecule has 0 fully saturated rings. The molecule has 0 bridgehead atoms. The van der Waals surface area contributed by atoms with E-state index in [1.165, 1.54) is 44.8 Å². The van der Waals surface area contributed by atoms with Crippen LogP contribution in [-0.4, -0.2) is 14.4 Å². The molecular weight excluding hydrogens is 645 g/mol. The van der Waals surface area contributed by atoms with E-state index in [-0.39, 0.29) is 0 Å². The first-order valence-electron chi connectivity index (χ1n) is 18.1. The number of imidazole rings is 1. The van der Waals surface area contributed by atoms with Crippen molar-refractivity contribution in [3.8, 4) is 44.9 Å². The Labute approximate surface area is 308 Å². The number of hydrogen-bond donors (Lipinski definition) is 0. The third-order valence-electron chi connectivity index (χ3n) is 11.1. The van der Waals surface area contributed by atoms with Crippen molar-refractivity contribution in [2.45, 2.75) is 5.41 Å². The van der Waals surface area contributed by atoms with Gasteiger partial charge in [0.05, 0.1) is 33.9 Å². The van der Waals surface area contributed by atoms with Crippen LogP contribution in [0.2, 0.25) is 0 Å². The van der Waals surface area contributed by atoms with E-state index >= 15 is 0 Å². The summed E-state index contributed by atoms with van der Waals surface area (Å²) in [6.45, 7) is 0. The van der Waals surface area contributed by atoms with Crippen LogP contribution in [-0.2, 0) is 5.41 Å². The minimum absolute atomic E-state index is 0.419. The molecule has 3 heterocycles. The largest absolute Gasteiger partial charge is 0.310 e. The minimum Gasteiger partial charge on any atom is -0.310 e. The molecule has 11 rings (SSSR count). The molecule has 0 radical (unpaired) electrons. The lowest BCUT2D eigenvalue weighted by Gasteiger charge is -2.45. The van der Waals surface area contributed by atoms with Gasteiger partial charge < -0.3 is 4.90 Å². The summed E-state index contributed by atoms with van der Waals surface area (Å²) in [5.74, 6) is 0.672. The molecule has 1 spiro atoms. The Hall–Kier alpha value is -7.04. The number of rotatable bonds is 4. The molecule has 2 aromatic heterocycles. The number of anilines is 3. The third-order valence-corrected chi connectivity index (χ3v) is 11.1. The van der Waals surface area contributed by atoms with Gasteiger partial charge in [0.2, 0.25) is 5.78 Å². The third kappa shape index (κ3) is 4.24. The number of para-hydroxylation sites is 2. The molecule has 248 valence electrons. The van der Waals surface area contributed by atoms with Crippen molar-refractivity contribution in [3.05, 3.63) is 217 Å². The topological polar surface area (TPSA) is 33.4 Å². The van der Waals surface area contributed by atoms with Crippen LogP contribution in [0.4, 0.5) is 17.1 Å². The van der Waals surface area contributed by atoms with Crippen molar-refractivity contribution >= 4 is 22.8 Å². The number of hydrogen-bond acceptors (Lipinski definition) is 3. The van der Waals surface area contributed by atoms with Gasteiger partial charge in [0.15, 0.2) is 0 Å². The lowest BCUT2D eigenvalue weighted by Crippen LogP contribution is -2.36. The molecular formula is C49H32N4. The number of nitrogens with zero attached hydrogens (tertiary/aromatic N) is 4. The molecule has 2 aliphatic rings. The zero-order chi connectivity index (χ0) is 34.9. The zero-order valence-electron chi connectivity index (χ0n) is 28.8. The van der Waals surface area contributed by atoms with Gasteiger partial charge in [0, 0.05) is 28.6 Å². The fourth-order valence-electron chi connectivity index (χ4n) is 8.88. The van der Waals surface area contributed by atoms with Gasteiger partial charge in [-0.1, -0.05) is 158 Å². The Balaban J connectivity index is 1.04. The van der Waals surface area contributed by atoms with E-state index in [9.17, 15) is 0 Å². The van der Waals surface area contributed by atoms with Gasteiger partial charge in [-0.25, -0.2) is 9.97 Å². The quantitative estimate of drug-likeness (QED) is 0.186. The van der Waals surface area contributed by atoms with E-state index in [2.05, 4.69) is 191 Å². The second kappa shape index (κ2) is 11.5. The van der Waals surface area contributed by atoms with Gasteiger partial charge in [-0.05, 0) is 63.7 Å². The first-order valence-corrected chi connectivity index (χ1v) is 18.1. The molecule has 0 unspecified atom stereocenters. The highest BCUT2D eigenvalue weighted by molar-refractivity contribution is 5.96. The fourth-order valence-corrected chi connectivity index (χ4v) is 8.88. The van der Waals surface area contributed by atoms with Crippen LogP contribution in [0.3, 0.4) is 0 Å². The smallest absolute Gasteiger partial charge is 0.235 e. The molecule has 4 nitrogen and oxygen atoms in total. The van der Waals surface area contributed by atoms with E-state index < -0.39 is 5.41 Å². The second-order valence-electron chi connectivity index (χ2n) is 13.8. The summed E-state index contributed by atoms with van der Waals surface area (Å²) in [6.07, 6.45) is 2.10. The van der Waals surface area contributed by atoms with Crippen LogP contribution in [0, 0.1) is 0 Å². The van der Waals surface area contributed by atoms with Crippen molar-refractivity contribution in [3.63, 3.8) is 0 Å². The van der Waals surface area contributed by atoms with E-state index in [4.69, 9.17) is 9.97 Å². The molecule has 9 aromatic rings. The summed E-state index contributed by atoms with van der Waals surface area (Å²) in [6, 6.07) is 67.5. The Morgan fingerprint density at radius 2 is 0.906 bits per heavy atom. The predicted octanol–water partition coefficient (Wildman–Crippen LogP) is 11.9. The maximum absolute atomic E-state index is 5.12.